The van der Waals surface area contributed by atoms with Crippen LogP contribution in [0.5, 0.6) is 0 Å². The molecule has 12 heteroatoms. The summed E-state index contributed by atoms with van der Waals surface area (Å²) in [5.41, 5.74) is 1.11. The number of aromatic nitrogens is 2. The monoisotopic (exact) mass is 520 g/mol. The van der Waals surface area contributed by atoms with Gasteiger partial charge in [0.1, 0.15) is 11.7 Å². The summed E-state index contributed by atoms with van der Waals surface area (Å²) in [7, 11) is 0. The molecule has 4 heterocycles. The molecule has 37 heavy (non-hydrogen) atoms. The summed E-state index contributed by atoms with van der Waals surface area (Å²) in [6, 6.07) is 7.08. The third-order valence-electron chi connectivity index (χ3n) is 6.52. The van der Waals surface area contributed by atoms with Gasteiger partial charge in [0.15, 0.2) is 6.10 Å². The van der Waals surface area contributed by atoms with Crippen LogP contribution in [0.4, 0.5) is 33.3 Å². The molecule has 0 saturated carbocycles. The molecule has 0 spiro atoms. The summed E-state index contributed by atoms with van der Waals surface area (Å²) in [4.78, 5) is 21.5. The zero-order chi connectivity index (χ0) is 26.5. The van der Waals surface area contributed by atoms with Crippen molar-refractivity contribution in [1.29, 1.82) is 0 Å². The minimum absolute atomic E-state index is 0.132. The summed E-state index contributed by atoms with van der Waals surface area (Å²) in [6.07, 6.45) is -4.50. The van der Waals surface area contributed by atoms with Crippen LogP contribution in [0.1, 0.15) is 33.4 Å². The van der Waals surface area contributed by atoms with Gasteiger partial charge in [0.05, 0.1) is 24.6 Å². The van der Waals surface area contributed by atoms with Crippen LogP contribution >= 0.6 is 0 Å². The summed E-state index contributed by atoms with van der Waals surface area (Å²) in [5.74, 6) is -4.20. The van der Waals surface area contributed by atoms with E-state index >= 15 is 0 Å². The second-order valence-electron chi connectivity index (χ2n) is 8.90. The first kappa shape index (κ1) is 25.0. The predicted octanol–water partition coefficient (Wildman–Crippen LogP) is 4.61. The van der Waals surface area contributed by atoms with Gasteiger partial charge < -0.3 is 20.1 Å². The Morgan fingerprint density at radius 1 is 1.19 bits per heavy atom. The fourth-order valence-corrected chi connectivity index (χ4v) is 4.57. The fraction of sp³-hybridized carbons (Fsp3) is 0.320. The normalized spacial score (nSPS) is 20.7. The maximum Gasteiger partial charge on any atom is 0.433 e. The van der Waals surface area contributed by atoms with Crippen LogP contribution in [-0.4, -0.2) is 52.7 Å². The zero-order valence-corrected chi connectivity index (χ0v) is 19.4. The molecule has 7 nitrogen and oxygen atoms in total. The van der Waals surface area contributed by atoms with Crippen LogP contribution in [0.2, 0.25) is 0 Å². The number of carbonyl (C=O) groups is 1. The lowest BCUT2D eigenvalue weighted by Gasteiger charge is -2.47. The standard InChI is InChI=1S/C25H21F5N4O3/c1-13-2-3-16(33-23(36)14-4-5-31-19(9-14)25(28,29)30)10-17(13)15-8-18-21(32-11-15)22(35)24(26,27)20-12-37-7-6-34(18)20/h2-5,8-11,20,22,35H,6-7,12H2,1H3,(H,33,36)/t20?,22-/m1/s1. The molecule has 0 radical (unpaired) electrons. The Hall–Kier alpha value is -3.64. The highest BCUT2D eigenvalue weighted by Crippen LogP contribution is 2.47. The van der Waals surface area contributed by atoms with Crippen molar-refractivity contribution in [2.24, 2.45) is 0 Å². The van der Waals surface area contributed by atoms with Gasteiger partial charge in [-0.1, -0.05) is 6.07 Å². The van der Waals surface area contributed by atoms with E-state index < -0.39 is 35.8 Å². The number of halogens is 5. The van der Waals surface area contributed by atoms with Gasteiger partial charge in [-0.25, -0.2) is 8.78 Å². The Morgan fingerprint density at radius 3 is 2.73 bits per heavy atom. The fourth-order valence-electron chi connectivity index (χ4n) is 4.57. The topological polar surface area (TPSA) is 87.6 Å². The molecule has 2 aliphatic heterocycles. The highest BCUT2D eigenvalue weighted by atomic mass is 19.4. The van der Waals surface area contributed by atoms with Crippen LogP contribution in [0, 0.1) is 6.92 Å². The number of rotatable bonds is 3. The molecule has 1 amide bonds. The van der Waals surface area contributed by atoms with Gasteiger partial charge >= 0.3 is 12.1 Å². The van der Waals surface area contributed by atoms with E-state index in [1.807, 2.05) is 0 Å². The van der Waals surface area contributed by atoms with E-state index in [1.54, 1.807) is 31.2 Å². The Bertz CT molecular complexity index is 1360. The van der Waals surface area contributed by atoms with E-state index in [0.29, 0.717) is 28.6 Å². The van der Waals surface area contributed by atoms with Crippen molar-refractivity contribution in [1.82, 2.24) is 9.97 Å². The van der Waals surface area contributed by atoms with E-state index in [1.165, 1.54) is 17.2 Å². The molecule has 1 unspecified atom stereocenters. The second kappa shape index (κ2) is 9.03. The van der Waals surface area contributed by atoms with Crippen LogP contribution in [0.15, 0.2) is 48.8 Å². The summed E-state index contributed by atoms with van der Waals surface area (Å²) < 4.78 is 73.7. The molecule has 194 valence electrons. The maximum atomic E-state index is 14.8. The number of carbonyl (C=O) groups excluding carboxylic acids is 1. The van der Waals surface area contributed by atoms with Crippen molar-refractivity contribution < 1.29 is 36.6 Å². The Balaban J connectivity index is 1.47. The number of aliphatic hydroxyl groups excluding tert-OH is 1. The molecule has 2 aromatic heterocycles. The molecule has 0 bridgehead atoms. The van der Waals surface area contributed by atoms with E-state index in [0.717, 1.165) is 11.8 Å². The number of alkyl halides is 5. The van der Waals surface area contributed by atoms with E-state index in [4.69, 9.17) is 4.74 Å². The van der Waals surface area contributed by atoms with Crippen molar-refractivity contribution in [2.45, 2.75) is 31.2 Å². The number of aliphatic hydroxyl groups is 1. The van der Waals surface area contributed by atoms with Gasteiger partial charge in [-0.3, -0.25) is 14.8 Å². The second-order valence-corrected chi connectivity index (χ2v) is 8.90. The number of hydrogen-bond donors (Lipinski definition) is 2. The lowest BCUT2D eigenvalue weighted by molar-refractivity contribution is -0.153. The van der Waals surface area contributed by atoms with Crippen LogP contribution < -0.4 is 10.2 Å². The lowest BCUT2D eigenvalue weighted by Crippen LogP contribution is -2.60. The molecule has 2 N–H and O–H groups in total. The molecule has 1 fully saturated rings. The Kier molecular flexibility index (Phi) is 6.11. The molecular formula is C25H21F5N4O3. The molecule has 1 aromatic carbocycles. The van der Waals surface area contributed by atoms with Crippen molar-refractivity contribution >= 4 is 17.3 Å². The molecular weight excluding hydrogens is 499 g/mol. The largest absolute Gasteiger partial charge is 0.433 e. The highest BCUT2D eigenvalue weighted by molar-refractivity contribution is 6.04. The molecule has 2 atom stereocenters. The molecule has 1 saturated heterocycles. The van der Waals surface area contributed by atoms with Crippen molar-refractivity contribution in [3.8, 4) is 11.1 Å². The van der Waals surface area contributed by atoms with Gasteiger partial charge in [-0.2, -0.15) is 13.2 Å². The number of benzene rings is 1. The van der Waals surface area contributed by atoms with Crippen LogP contribution in [0.25, 0.3) is 11.1 Å². The van der Waals surface area contributed by atoms with E-state index in [2.05, 4.69) is 15.3 Å². The summed E-state index contributed by atoms with van der Waals surface area (Å²) in [5, 5.41) is 12.9. The third kappa shape index (κ3) is 4.51. The van der Waals surface area contributed by atoms with Crippen LogP contribution in [0.3, 0.4) is 0 Å². The number of ether oxygens (including phenoxy) is 1. The van der Waals surface area contributed by atoms with E-state index in [-0.39, 0.29) is 31.0 Å². The van der Waals surface area contributed by atoms with Crippen molar-refractivity contribution in [3.63, 3.8) is 0 Å². The Labute approximate surface area is 207 Å². The number of hydrogen-bond acceptors (Lipinski definition) is 6. The first-order valence-corrected chi connectivity index (χ1v) is 11.3. The van der Waals surface area contributed by atoms with Gasteiger partial charge in [-0.15, -0.1) is 0 Å². The average molecular weight is 520 g/mol. The molecule has 2 aliphatic rings. The lowest BCUT2D eigenvalue weighted by atomic mass is 9.91. The predicted molar refractivity (Wildman–Crippen MR) is 123 cm³/mol. The van der Waals surface area contributed by atoms with Gasteiger partial charge in [-0.05, 0) is 48.4 Å². The number of amides is 1. The smallest absolute Gasteiger partial charge is 0.380 e. The first-order valence-electron chi connectivity index (χ1n) is 11.3. The van der Waals surface area contributed by atoms with Crippen molar-refractivity contribution in [2.75, 3.05) is 30.0 Å². The van der Waals surface area contributed by atoms with E-state index in [9.17, 15) is 31.9 Å². The van der Waals surface area contributed by atoms with Gasteiger partial charge in [0.2, 0.25) is 0 Å². The summed E-state index contributed by atoms with van der Waals surface area (Å²) >= 11 is 0. The molecule has 0 aliphatic carbocycles. The quantitative estimate of drug-likeness (QED) is 0.491. The average Bonchev–Trinajstić information content (AvgIpc) is 2.88. The summed E-state index contributed by atoms with van der Waals surface area (Å²) in [6.45, 7) is 2.02. The van der Waals surface area contributed by atoms with Crippen molar-refractivity contribution in [3.05, 3.63) is 71.3 Å². The highest BCUT2D eigenvalue weighted by Gasteiger charge is 2.56. The number of anilines is 2. The molecule has 5 rings (SSSR count). The number of fused-ring (bicyclic) bond motifs is 3. The minimum Gasteiger partial charge on any atom is -0.380 e. The maximum absolute atomic E-state index is 14.8. The molecule has 3 aromatic rings. The SMILES string of the molecule is Cc1ccc(NC(=O)c2ccnc(C(F)(F)F)c2)cc1-c1cnc2c(c1)N1CCOCC1C(F)(F)[C@@H]2O. The number of morpholine rings is 1. The number of aryl methyl sites for hydroxylation is 1. The number of nitrogens with zero attached hydrogens (tertiary/aromatic N) is 3. The zero-order valence-electron chi connectivity index (χ0n) is 19.4. The number of nitrogens with one attached hydrogen (secondary N) is 1. The van der Waals surface area contributed by atoms with Gasteiger partial charge in [0.25, 0.3) is 5.91 Å². The third-order valence-corrected chi connectivity index (χ3v) is 6.52. The Morgan fingerprint density at radius 2 is 1.97 bits per heavy atom. The minimum atomic E-state index is -4.69. The first-order chi connectivity index (χ1) is 17.5. The number of pyridine rings is 2. The van der Waals surface area contributed by atoms with Gasteiger partial charge in [0, 0.05) is 35.8 Å². The van der Waals surface area contributed by atoms with Crippen LogP contribution in [-0.2, 0) is 10.9 Å².